The summed E-state index contributed by atoms with van der Waals surface area (Å²) >= 11 is 0. The normalized spacial score (nSPS) is 17.3. The molecule has 1 fully saturated rings. The summed E-state index contributed by atoms with van der Waals surface area (Å²) in [7, 11) is 0. The fourth-order valence-electron chi connectivity index (χ4n) is 4.42. The third-order valence-electron chi connectivity index (χ3n) is 6.07. The minimum absolute atomic E-state index is 0.113. The monoisotopic (exact) mass is 390 g/mol. The molecule has 1 amide bonds. The Kier molecular flexibility index (Phi) is 5.39. The number of amides is 1. The molecule has 1 unspecified atom stereocenters. The van der Waals surface area contributed by atoms with Crippen molar-refractivity contribution in [3.05, 3.63) is 47.7 Å². The highest BCUT2D eigenvalue weighted by Gasteiger charge is 2.29. The number of fused-ring (bicyclic) bond motifs is 1. The van der Waals surface area contributed by atoms with Crippen molar-refractivity contribution in [2.75, 3.05) is 6.54 Å². The molecule has 0 bridgehead atoms. The fourth-order valence-corrected chi connectivity index (χ4v) is 4.42. The van der Waals surface area contributed by atoms with Gasteiger partial charge in [0.05, 0.1) is 22.8 Å². The van der Waals surface area contributed by atoms with Crippen LogP contribution >= 0.6 is 0 Å². The second-order valence-corrected chi connectivity index (χ2v) is 8.35. The maximum absolute atomic E-state index is 13.7. The van der Waals surface area contributed by atoms with E-state index in [9.17, 15) is 4.79 Å². The number of piperidine rings is 1. The lowest BCUT2D eigenvalue weighted by Crippen LogP contribution is -2.43. The molecular formula is C24H30N4O. The zero-order valence-corrected chi connectivity index (χ0v) is 17.9. The molecule has 3 heterocycles. The van der Waals surface area contributed by atoms with Crippen LogP contribution in [-0.2, 0) is 0 Å². The van der Waals surface area contributed by atoms with Gasteiger partial charge in [0.15, 0.2) is 5.65 Å². The number of benzene rings is 1. The standard InChI is InChI=1S/C24H30N4O/c1-5-18-11-8-9-13-27(18)24(29)20-14-22(19-12-7-6-10-17(19)4)26-23-21(20)15-25-28(23)16(2)3/h6-7,10,12,14-16,18H,5,8-9,11,13H2,1-4H3. The van der Waals surface area contributed by atoms with Gasteiger partial charge in [0.25, 0.3) is 5.91 Å². The molecule has 1 aromatic carbocycles. The highest BCUT2D eigenvalue weighted by Crippen LogP contribution is 2.30. The molecule has 0 saturated carbocycles. The predicted octanol–water partition coefficient (Wildman–Crippen LogP) is 5.39. The van der Waals surface area contributed by atoms with Crippen molar-refractivity contribution in [1.29, 1.82) is 0 Å². The van der Waals surface area contributed by atoms with Gasteiger partial charge in [0.2, 0.25) is 0 Å². The Morgan fingerprint density at radius 2 is 2.03 bits per heavy atom. The van der Waals surface area contributed by atoms with E-state index in [1.54, 1.807) is 0 Å². The van der Waals surface area contributed by atoms with E-state index in [0.29, 0.717) is 6.04 Å². The lowest BCUT2D eigenvalue weighted by molar-refractivity contribution is 0.0610. The van der Waals surface area contributed by atoms with Crippen LogP contribution in [0.2, 0.25) is 0 Å². The Bertz CT molecular complexity index is 1040. The molecule has 1 aliphatic heterocycles. The minimum atomic E-state index is 0.113. The van der Waals surface area contributed by atoms with E-state index < -0.39 is 0 Å². The van der Waals surface area contributed by atoms with E-state index in [4.69, 9.17) is 4.98 Å². The van der Waals surface area contributed by atoms with E-state index in [0.717, 1.165) is 59.2 Å². The molecule has 5 nitrogen and oxygen atoms in total. The van der Waals surface area contributed by atoms with Crippen LogP contribution in [0.5, 0.6) is 0 Å². The highest BCUT2D eigenvalue weighted by atomic mass is 16.2. The van der Waals surface area contributed by atoms with Crippen LogP contribution in [0.3, 0.4) is 0 Å². The van der Waals surface area contributed by atoms with Crippen molar-refractivity contribution in [1.82, 2.24) is 19.7 Å². The number of hydrogen-bond acceptors (Lipinski definition) is 3. The summed E-state index contributed by atoms with van der Waals surface area (Å²) in [5.74, 6) is 0.113. The van der Waals surface area contributed by atoms with E-state index in [-0.39, 0.29) is 11.9 Å². The van der Waals surface area contributed by atoms with Crippen LogP contribution in [-0.4, -0.2) is 38.2 Å². The molecule has 0 radical (unpaired) electrons. The minimum Gasteiger partial charge on any atom is -0.336 e. The SMILES string of the molecule is CCC1CCCCN1C(=O)c1cc(-c2ccccc2C)nc2c1cnn2C(C)C. The predicted molar refractivity (Wildman–Crippen MR) is 117 cm³/mol. The van der Waals surface area contributed by atoms with Gasteiger partial charge in [-0.25, -0.2) is 9.67 Å². The van der Waals surface area contributed by atoms with Gasteiger partial charge in [0, 0.05) is 24.2 Å². The fraction of sp³-hybridized carbons (Fsp3) is 0.458. The van der Waals surface area contributed by atoms with Crippen LogP contribution < -0.4 is 0 Å². The lowest BCUT2D eigenvalue weighted by atomic mass is 9.97. The van der Waals surface area contributed by atoms with Gasteiger partial charge < -0.3 is 4.90 Å². The van der Waals surface area contributed by atoms with Crippen LogP contribution in [0, 0.1) is 6.92 Å². The van der Waals surface area contributed by atoms with Crippen molar-refractivity contribution in [2.45, 2.75) is 65.5 Å². The summed E-state index contributed by atoms with van der Waals surface area (Å²) in [4.78, 5) is 20.7. The van der Waals surface area contributed by atoms with Crippen LogP contribution in [0.4, 0.5) is 0 Å². The molecule has 2 aromatic heterocycles. The largest absolute Gasteiger partial charge is 0.336 e. The summed E-state index contributed by atoms with van der Waals surface area (Å²) in [5.41, 5.74) is 4.56. The van der Waals surface area contributed by atoms with Gasteiger partial charge in [-0.15, -0.1) is 0 Å². The number of pyridine rings is 1. The third kappa shape index (κ3) is 3.54. The van der Waals surface area contributed by atoms with Gasteiger partial charge in [0.1, 0.15) is 0 Å². The zero-order valence-electron chi connectivity index (χ0n) is 17.9. The smallest absolute Gasteiger partial charge is 0.254 e. The van der Waals surface area contributed by atoms with Crippen molar-refractivity contribution < 1.29 is 4.79 Å². The first-order valence-corrected chi connectivity index (χ1v) is 10.8. The highest BCUT2D eigenvalue weighted by molar-refractivity contribution is 6.06. The average molecular weight is 391 g/mol. The first kappa shape index (κ1) is 19.6. The Morgan fingerprint density at radius 1 is 1.24 bits per heavy atom. The molecule has 4 rings (SSSR count). The number of likely N-dealkylation sites (tertiary alicyclic amines) is 1. The van der Waals surface area contributed by atoms with E-state index in [1.165, 1.54) is 6.42 Å². The van der Waals surface area contributed by atoms with Crippen LogP contribution in [0.15, 0.2) is 36.5 Å². The molecule has 0 N–H and O–H groups in total. The van der Waals surface area contributed by atoms with Gasteiger partial charge in [-0.3, -0.25) is 4.79 Å². The zero-order chi connectivity index (χ0) is 20.5. The van der Waals surface area contributed by atoms with E-state index in [1.807, 2.05) is 29.1 Å². The quantitative estimate of drug-likeness (QED) is 0.600. The van der Waals surface area contributed by atoms with E-state index in [2.05, 4.69) is 49.8 Å². The Hall–Kier alpha value is -2.69. The molecule has 5 heteroatoms. The summed E-state index contributed by atoms with van der Waals surface area (Å²) in [6.45, 7) is 9.27. The maximum atomic E-state index is 13.7. The van der Waals surface area contributed by atoms with Gasteiger partial charge in [-0.2, -0.15) is 5.10 Å². The van der Waals surface area contributed by atoms with Crippen LogP contribution in [0.1, 0.15) is 68.4 Å². The van der Waals surface area contributed by atoms with Crippen LogP contribution in [0.25, 0.3) is 22.3 Å². The molecule has 1 atom stereocenters. The molecule has 1 saturated heterocycles. The Morgan fingerprint density at radius 3 is 2.76 bits per heavy atom. The number of carbonyl (C=O) groups excluding carboxylic acids is 1. The van der Waals surface area contributed by atoms with Gasteiger partial charge in [-0.1, -0.05) is 31.2 Å². The Labute approximate surface area is 172 Å². The van der Waals surface area contributed by atoms with Crippen molar-refractivity contribution in [3.8, 4) is 11.3 Å². The third-order valence-corrected chi connectivity index (χ3v) is 6.07. The van der Waals surface area contributed by atoms with Crippen molar-refractivity contribution in [3.63, 3.8) is 0 Å². The molecule has 29 heavy (non-hydrogen) atoms. The van der Waals surface area contributed by atoms with Crippen molar-refractivity contribution >= 4 is 16.9 Å². The molecule has 0 aliphatic carbocycles. The molecule has 152 valence electrons. The maximum Gasteiger partial charge on any atom is 0.254 e. The van der Waals surface area contributed by atoms with Gasteiger partial charge >= 0.3 is 0 Å². The molecule has 0 spiro atoms. The summed E-state index contributed by atoms with van der Waals surface area (Å²) in [6, 6.07) is 10.7. The topological polar surface area (TPSA) is 51.0 Å². The number of carbonyl (C=O) groups is 1. The number of aromatic nitrogens is 3. The average Bonchev–Trinajstić information content (AvgIpc) is 3.17. The number of rotatable bonds is 4. The summed E-state index contributed by atoms with van der Waals surface area (Å²) in [6.07, 6.45) is 6.17. The number of aryl methyl sites for hydroxylation is 1. The molecular weight excluding hydrogens is 360 g/mol. The summed E-state index contributed by atoms with van der Waals surface area (Å²) in [5, 5.41) is 5.41. The molecule has 3 aromatic rings. The second kappa shape index (κ2) is 7.97. The second-order valence-electron chi connectivity index (χ2n) is 8.35. The summed E-state index contributed by atoms with van der Waals surface area (Å²) < 4.78 is 1.92. The first-order chi connectivity index (χ1) is 14.0. The first-order valence-electron chi connectivity index (χ1n) is 10.8. The molecule has 1 aliphatic rings. The number of nitrogens with zero attached hydrogens (tertiary/aromatic N) is 4. The van der Waals surface area contributed by atoms with E-state index >= 15 is 0 Å². The van der Waals surface area contributed by atoms with Gasteiger partial charge in [-0.05, 0) is 58.1 Å². The number of hydrogen-bond donors (Lipinski definition) is 0. The Balaban J connectivity index is 1.90. The lowest BCUT2D eigenvalue weighted by Gasteiger charge is -2.35. The van der Waals surface area contributed by atoms with Crippen molar-refractivity contribution in [2.24, 2.45) is 0 Å².